The van der Waals surface area contributed by atoms with Crippen molar-refractivity contribution in [2.24, 2.45) is 5.73 Å². The van der Waals surface area contributed by atoms with Crippen LogP contribution in [0.25, 0.3) is 10.9 Å². The van der Waals surface area contributed by atoms with Crippen molar-refractivity contribution in [1.29, 1.82) is 0 Å². The summed E-state index contributed by atoms with van der Waals surface area (Å²) in [4.78, 5) is 12.7. The lowest BCUT2D eigenvalue weighted by Gasteiger charge is -2.04. The molecule has 0 spiro atoms. The third-order valence-electron chi connectivity index (χ3n) is 3.17. The first-order valence-electron chi connectivity index (χ1n) is 6.31. The Morgan fingerprint density at radius 1 is 1.05 bits per heavy atom. The molecule has 0 aliphatic rings. The molecule has 0 fully saturated rings. The molecule has 3 nitrogen and oxygen atoms in total. The summed E-state index contributed by atoms with van der Waals surface area (Å²) < 4.78 is 2.06. The summed E-state index contributed by atoms with van der Waals surface area (Å²) in [7, 11) is 0. The Bertz CT molecular complexity index is 755. The summed E-state index contributed by atoms with van der Waals surface area (Å²) in [6.45, 7) is 0. The van der Waals surface area contributed by atoms with Gasteiger partial charge in [0.05, 0.1) is 11.4 Å². The van der Waals surface area contributed by atoms with Gasteiger partial charge in [-0.05, 0) is 18.2 Å². The number of thioether (sulfide) groups is 1. The van der Waals surface area contributed by atoms with E-state index >= 15 is 0 Å². The normalized spacial score (nSPS) is 10.3. The first-order valence-corrected chi connectivity index (χ1v) is 7.30. The topological polar surface area (TPSA) is 48.0 Å². The molecule has 108 valence electrons. The van der Waals surface area contributed by atoms with Crippen LogP contribution in [-0.4, -0.2) is 10.5 Å². The Labute approximate surface area is 133 Å². The number of hydrogen-bond donors (Lipinski definition) is 1. The van der Waals surface area contributed by atoms with Crippen molar-refractivity contribution in [2.45, 2.75) is 10.8 Å². The minimum absolute atomic E-state index is 0. The molecule has 0 bridgehead atoms. The van der Waals surface area contributed by atoms with Gasteiger partial charge in [-0.25, -0.2) is 0 Å². The molecule has 0 radical (unpaired) electrons. The molecular formula is C16H15ClN2OS. The van der Waals surface area contributed by atoms with Crippen LogP contribution in [0.3, 0.4) is 0 Å². The number of nitrogens with two attached hydrogens (primary N) is 1. The van der Waals surface area contributed by atoms with E-state index in [1.807, 2.05) is 48.7 Å². The van der Waals surface area contributed by atoms with Gasteiger partial charge in [0.25, 0.3) is 5.91 Å². The molecule has 2 aromatic carbocycles. The van der Waals surface area contributed by atoms with Crippen molar-refractivity contribution < 1.29 is 4.79 Å². The van der Waals surface area contributed by atoms with Crippen LogP contribution in [0.1, 0.15) is 10.4 Å². The number of halogens is 1. The zero-order valence-electron chi connectivity index (χ0n) is 11.2. The van der Waals surface area contributed by atoms with Gasteiger partial charge in [0.2, 0.25) is 0 Å². The van der Waals surface area contributed by atoms with Crippen molar-refractivity contribution in [2.75, 3.05) is 0 Å². The number of nitrogens with zero attached hydrogens (tertiary/aromatic N) is 1. The second-order valence-electron chi connectivity index (χ2n) is 4.48. The second kappa shape index (κ2) is 6.70. The largest absolute Gasteiger partial charge is 0.366 e. The number of amides is 1. The first-order chi connectivity index (χ1) is 9.75. The van der Waals surface area contributed by atoms with Crippen LogP contribution in [0.2, 0.25) is 0 Å². The SMILES string of the molecule is Cl.NC(=O)c1cn(CSc2ccccc2)c2ccccc12. The maximum Gasteiger partial charge on any atom is 0.250 e. The van der Waals surface area contributed by atoms with Gasteiger partial charge in [0, 0.05) is 22.0 Å². The highest BCUT2D eigenvalue weighted by atomic mass is 35.5. The van der Waals surface area contributed by atoms with Crippen molar-refractivity contribution in [1.82, 2.24) is 4.57 Å². The molecule has 3 rings (SSSR count). The number of rotatable bonds is 4. The van der Waals surface area contributed by atoms with Gasteiger partial charge in [0.15, 0.2) is 0 Å². The van der Waals surface area contributed by atoms with Crippen LogP contribution in [0.15, 0.2) is 65.7 Å². The number of carbonyl (C=O) groups is 1. The lowest BCUT2D eigenvalue weighted by Crippen LogP contribution is -2.10. The van der Waals surface area contributed by atoms with Gasteiger partial charge < -0.3 is 10.3 Å². The fraction of sp³-hybridized carbons (Fsp3) is 0.0625. The van der Waals surface area contributed by atoms with Gasteiger partial charge in [-0.15, -0.1) is 24.2 Å². The highest BCUT2D eigenvalue weighted by Crippen LogP contribution is 2.25. The van der Waals surface area contributed by atoms with Crippen LogP contribution in [0.5, 0.6) is 0 Å². The second-order valence-corrected chi connectivity index (χ2v) is 5.50. The minimum Gasteiger partial charge on any atom is -0.366 e. The first kappa shape index (κ1) is 15.5. The summed E-state index contributed by atoms with van der Waals surface area (Å²) in [6, 6.07) is 18.0. The number of carbonyl (C=O) groups excluding carboxylic acids is 1. The number of benzene rings is 2. The van der Waals surface area contributed by atoms with Gasteiger partial charge in [0.1, 0.15) is 0 Å². The molecule has 0 saturated carbocycles. The van der Waals surface area contributed by atoms with Crippen LogP contribution >= 0.6 is 24.2 Å². The molecule has 0 saturated heterocycles. The van der Waals surface area contributed by atoms with Crippen LogP contribution in [0.4, 0.5) is 0 Å². The van der Waals surface area contributed by atoms with E-state index in [-0.39, 0.29) is 18.3 Å². The average Bonchev–Trinajstić information content (AvgIpc) is 2.85. The molecule has 0 aliphatic heterocycles. The molecule has 5 heteroatoms. The van der Waals surface area contributed by atoms with Crippen LogP contribution < -0.4 is 5.73 Å². The van der Waals surface area contributed by atoms with E-state index in [1.54, 1.807) is 11.8 Å². The summed E-state index contributed by atoms with van der Waals surface area (Å²) in [5, 5.41) is 0.911. The van der Waals surface area contributed by atoms with Crippen LogP contribution in [0, 0.1) is 0 Å². The number of para-hydroxylation sites is 1. The number of primary amides is 1. The smallest absolute Gasteiger partial charge is 0.250 e. The molecule has 0 atom stereocenters. The molecule has 2 N–H and O–H groups in total. The number of fused-ring (bicyclic) bond motifs is 1. The monoisotopic (exact) mass is 318 g/mol. The average molecular weight is 319 g/mol. The standard InChI is InChI=1S/C16H14N2OS.ClH/c17-16(19)14-10-18(15-9-5-4-8-13(14)15)11-20-12-6-2-1-3-7-12;/h1-10H,11H2,(H2,17,19);1H. The predicted molar refractivity (Wildman–Crippen MR) is 90.0 cm³/mol. The van der Waals surface area contributed by atoms with Crippen molar-refractivity contribution in [3.05, 3.63) is 66.4 Å². The number of hydrogen-bond acceptors (Lipinski definition) is 2. The van der Waals surface area contributed by atoms with E-state index in [9.17, 15) is 4.79 Å². The fourth-order valence-electron chi connectivity index (χ4n) is 2.21. The van der Waals surface area contributed by atoms with Crippen molar-refractivity contribution in [3.63, 3.8) is 0 Å². The highest BCUT2D eigenvalue weighted by molar-refractivity contribution is 7.98. The van der Waals surface area contributed by atoms with Gasteiger partial charge in [-0.2, -0.15) is 0 Å². The molecular weight excluding hydrogens is 304 g/mol. The van der Waals surface area contributed by atoms with E-state index in [0.29, 0.717) is 5.56 Å². The van der Waals surface area contributed by atoms with E-state index in [2.05, 4.69) is 16.7 Å². The molecule has 0 unspecified atom stereocenters. The van der Waals surface area contributed by atoms with E-state index in [0.717, 1.165) is 16.8 Å². The minimum atomic E-state index is -0.385. The Morgan fingerprint density at radius 2 is 1.71 bits per heavy atom. The lowest BCUT2D eigenvalue weighted by atomic mass is 10.2. The third-order valence-corrected chi connectivity index (χ3v) is 4.18. The van der Waals surface area contributed by atoms with Gasteiger partial charge >= 0.3 is 0 Å². The number of aromatic nitrogens is 1. The molecule has 1 heterocycles. The summed E-state index contributed by atoms with van der Waals surface area (Å²) in [5.41, 5.74) is 7.05. The molecule has 1 amide bonds. The summed E-state index contributed by atoms with van der Waals surface area (Å²) >= 11 is 1.72. The molecule has 3 aromatic rings. The maximum absolute atomic E-state index is 11.5. The van der Waals surface area contributed by atoms with Gasteiger partial charge in [-0.3, -0.25) is 4.79 Å². The Kier molecular flexibility index (Phi) is 4.94. The summed E-state index contributed by atoms with van der Waals surface area (Å²) in [5.74, 6) is 0.363. The quantitative estimate of drug-likeness (QED) is 0.741. The maximum atomic E-state index is 11.5. The highest BCUT2D eigenvalue weighted by Gasteiger charge is 2.11. The lowest BCUT2D eigenvalue weighted by molar-refractivity contribution is 0.100. The van der Waals surface area contributed by atoms with Crippen LogP contribution in [-0.2, 0) is 5.88 Å². The zero-order chi connectivity index (χ0) is 13.9. The van der Waals surface area contributed by atoms with E-state index in [4.69, 9.17) is 5.73 Å². The Morgan fingerprint density at radius 3 is 2.43 bits per heavy atom. The van der Waals surface area contributed by atoms with E-state index < -0.39 is 0 Å². The Balaban J connectivity index is 0.00000161. The summed E-state index contributed by atoms with van der Waals surface area (Å²) in [6.07, 6.45) is 1.84. The van der Waals surface area contributed by atoms with Crippen molar-refractivity contribution in [3.8, 4) is 0 Å². The zero-order valence-corrected chi connectivity index (χ0v) is 12.9. The predicted octanol–water partition coefficient (Wildman–Crippen LogP) is 3.91. The van der Waals surface area contributed by atoms with Gasteiger partial charge in [-0.1, -0.05) is 36.4 Å². The fourth-order valence-corrected chi connectivity index (χ4v) is 3.06. The Hall–Kier alpha value is -1.91. The van der Waals surface area contributed by atoms with E-state index in [1.165, 1.54) is 4.90 Å². The van der Waals surface area contributed by atoms with Crippen molar-refractivity contribution >= 4 is 41.0 Å². The molecule has 0 aliphatic carbocycles. The third kappa shape index (κ3) is 3.23. The molecule has 1 aromatic heterocycles. The molecule has 21 heavy (non-hydrogen) atoms.